The second-order valence-corrected chi connectivity index (χ2v) is 25.4. The Morgan fingerprint density at radius 2 is 0.584 bits per heavy atom. The van der Waals surface area contributed by atoms with Gasteiger partial charge in [-0.1, -0.05) is 361 Å². The van der Waals surface area contributed by atoms with Gasteiger partial charge in [0.25, 0.3) is 0 Å². The molecule has 0 aromatic heterocycles. The highest BCUT2D eigenvalue weighted by molar-refractivity contribution is 7.47. The molecule has 0 heterocycles. The van der Waals surface area contributed by atoms with Crippen molar-refractivity contribution >= 4 is 13.8 Å². The average molecular weight is 1120 g/mol. The molecule has 9 nitrogen and oxygen atoms in total. The number of hydrogen-bond donors (Lipinski definition) is 3. The van der Waals surface area contributed by atoms with Gasteiger partial charge in [-0.3, -0.25) is 13.8 Å². The van der Waals surface area contributed by atoms with E-state index in [4.69, 9.17) is 23.6 Å². The number of phosphoric ester groups is 1. The molecule has 0 radical (unpaired) electrons. The molecule has 0 rings (SSSR count). The molecule has 462 valence electrons. The number of rotatable bonds is 68. The lowest BCUT2D eigenvalue weighted by Crippen LogP contribution is -2.29. The van der Waals surface area contributed by atoms with Gasteiger partial charge >= 0.3 is 13.8 Å². The highest BCUT2D eigenvalue weighted by atomic mass is 31.2. The third-order valence-electron chi connectivity index (χ3n) is 16.0. The van der Waals surface area contributed by atoms with Gasteiger partial charge in [-0.25, -0.2) is 4.57 Å². The van der Waals surface area contributed by atoms with E-state index in [1.54, 1.807) is 0 Å². The van der Waals surface area contributed by atoms with Gasteiger partial charge < -0.3 is 24.6 Å². The molecule has 0 aliphatic carbocycles. The fraction of sp³-hybridized carbons (Fsp3) is 0.985. The van der Waals surface area contributed by atoms with Crippen LogP contribution in [0.25, 0.3) is 0 Å². The van der Waals surface area contributed by atoms with Crippen molar-refractivity contribution in [1.29, 1.82) is 0 Å². The highest BCUT2D eigenvalue weighted by Crippen LogP contribution is 2.43. The normalized spacial score (nSPS) is 13.4. The van der Waals surface area contributed by atoms with Crippen LogP contribution >= 0.6 is 7.82 Å². The van der Waals surface area contributed by atoms with Crippen LogP contribution in [0.1, 0.15) is 380 Å². The van der Waals surface area contributed by atoms with E-state index in [9.17, 15) is 19.4 Å². The summed E-state index contributed by atoms with van der Waals surface area (Å²) >= 11 is 0. The second-order valence-electron chi connectivity index (χ2n) is 23.9. The SMILES string of the molecule is CCCCCCCCCCCCCCCCCCCCCCCCCCCCCCCCCCCCCCC(=O)O[C@H](COCCCCCCCCCCCCCCCCCCCCCC)COP(=O)(O)OC[C@@H](O)CO. The molecule has 0 saturated heterocycles. The molecule has 1 unspecified atom stereocenters. The summed E-state index contributed by atoms with van der Waals surface area (Å²) < 4.78 is 33.7. The molecule has 0 bridgehead atoms. The van der Waals surface area contributed by atoms with E-state index < -0.39 is 33.2 Å². The molecular weight excluding hydrogens is 980 g/mol. The van der Waals surface area contributed by atoms with E-state index in [-0.39, 0.29) is 25.6 Å². The first kappa shape index (κ1) is 76.5. The molecule has 0 aliphatic rings. The van der Waals surface area contributed by atoms with Gasteiger partial charge in [0, 0.05) is 13.0 Å². The lowest BCUT2D eigenvalue weighted by molar-refractivity contribution is -0.154. The quantitative estimate of drug-likeness (QED) is 0.0309. The number of esters is 1. The van der Waals surface area contributed by atoms with E-state index in [1.165, 1.54) is 327 Å². The van der Waals surface area contributed by atoms with Crippen molar-refractivity contribution in [3.63, 3.8) is 0 Å². The molecule has 0 aromatic carbocycles. The van der Waals surface area contributed by atoms with Crippen molar-refractivity contribution < 1.29 is 43.0 Å². The highest BCUT2D eigenvalue weighted by Gasteiger charge is 2.26. The summed E-state index contributed by atoms with van der Waals surface area (Å²) in [5.41, 5.74) is 0. The maximum absolute atomic E-state index is 12.8. The van der Waals surface area contributed by atoms with Crippen molar-refractivity contribution in [2.75, 3.05) is 33.0 Å². The summed E-state index contributed by atoms with van der Waals surface area (Å²) in [6.45, 7) is 3.64. The first-order chi connectivity index (χ1) is 37.8. The molecule has 10 heteroatoms. The van der Waals surface area contributed by atoms with E-state index >= 15 is 0 Å². The monoisotopic (exact) mass is 1110 g/mol. The second kappa shape index (κ2) is 64.6. The van der Waals surface area contributed by atoms with Crippen LogP contribution in [0.5, 0.6) is 0 Å². The number of aliphatic hydroxyl groups excluding tert-OH is 2. The number of carbonyl (C=O) groups is 1. The van der Waals surface area contributed by atoms with Crippen molar-refractivity contribution in [3.8, 4) is 0 Å². The third-order valence-corrected chi connectivity index (χ3v) is 17.0. The minimum Gasteiger partial charge on any atom is -0.457 e. The van der Waals surface area contributed by atoms with Gasteiger partial charge in [0.2, 0.25) is 0 Å². The maximum Gasteiger partial charge on any atom is 0.472 e. The van der Waals surface area contributed by atoms with Crippen molar-refractivity contribution in [2.45, 2.75) is 392 Å². The molecule has 0 fully saturated rings. The number of unbranched alkanes of at least 4 members (excludes halogenated alkanes) is 54. The Morgan fingerprint density at radius 1 is 0.351 bits per heavy atom. The Labute approximate surface area is 479 Å². The van der Waals surface area contributed by atoms with E-state index in [0.29, 0.717) is 6.61 Å². The van der Waals surface area contributed by atoms with E-state index in [2.05, 4.69) is 13.8 Å². The Bertz CT molecular complexity index is 1170. The van der Waals surface area contributed by atoms with Gasteiger partial charge in [0.1, 0.15) is 12.2 Å². The lowest BCUT2D eigenvalue weighted by Gasteiger charge is -2.20. The predicted molar refractivity (Wildman–Crippen MR) is 330 cm³/mol. The zero-order chi connectivity index (χ0) is 55.9. The van der Waals surface area contributed by atoms with Gasteiger partial charge in [-0.05, 0) is 12.8 Å². The molecule has 77 heavy (non-hydrogen) atoms. The van der Waals surface area contributed by atoms with Crippen LogP contribution < -0.4 is 0 Å². The zero-order valence-corrected chi connectivity index (χ0v) is 52.6. The number of hydrogen-bond acceptors (Lipinski definition) is 8. The van der Waals surface area contributed by atoms with E-state index in [0.717, 1.165) is 32.1 Å². The number of aliphatic hydroxyl groups is 2. The molecular formula is C67H135O9P. The van der Waals surface area contributed by atoms with Crippen molar-refractivity contribution in [2.24, 2.45) is 0 Å². The topological polar surface area (TPSA) is 132 Å². The molecule has 0 saturated carbocycles. The lowest BCUT2D eigenvalue weighted by atomic mass is 10.0. The maximum atomic E-state index is 12.8. The van der Waals surface area contributed by atoms with Crippen LogP contribution in [-0.4, -0.2) is 66.3 Å². The zero-order valence-electron chi connectivity index (χ0n) is 51.7. The largest absolute Gasteiger partial charge is 0.472 e. The van der Waals surface area contributed by atoms with Crippen LogP contribution in [0.3, 0.4) is 0 Å². The molecule has 3 N–H and O–H groups in total. The van der Waals surface area contributed by atoms with E-state index in [1.807, 2.05) is 0 Å². The van der Waals surface area contributed by atoms with Crippen LogP contribution in [0.15, 0.2) is 0 Å². The fourth-order valence-electron chi connectivity index (χ4n) is 10.8. The van der Waals surface area contributed by atoms with Crippen LogP contribution in [0, 0.1) is 0 Å². The number of ether oxygens (including phenoxy) is 2. The molecule has 0 aliphatic heterocycles. The van der Waals surface area contributed by atoms with Gasteiger partial charge in [-0.2, -0.15) is 0 Å². The summed E-state index contributed by atoms with van der Waals surface area (Å²) in [5.74, 6) is -0.369. The van der Waals surface area contributed by atoms with Crippen LogP contribution in [-0.2, 0) is 27.9 Å². The molecule has 0 amide bonds. The number of carbonyl (C=O) groups excluding carboxylic acids is 1. The smallest absolute Gasteiger partial charge is 0.457 e. The standard InChI is InChI=1S/C67H135O9P/c1-3-5-7-9-11-13-15-17-19-21-23-25-26-27-28-29-30-31-32-33-34-35-36-37-38-39-40-41-43-45-47-49-51-53-55-57-59-67(70)76-66(64-75-77(71,72)74-62-65(69)61-68)63-73-60-58-56-54-52-50-48-46-44-42-24-22-20-18-16-14-12-10-8-6-4-2/h65-66,68-69H,3-64H2,1-2H3,(H,71,72)/t65-,66+/m0/s1. The molecule has 3 atom stereocenters. The summed E-state index contributed by atoms with van der Waals surface area (Å²) in [5, 5.41) is 18.5. The summed E-state index contributed by atoms with van der Waals surface area (Å²) in [4.78, 5) is 22.8. The summed E-state index contributed by atoms with van der Waals surface area (Å²) in [6.07, 6.45) is 74.3. The minimum absolute atomic E-state index is 0.0594. The van der Waals surface area contributed by atoms with Crippen molar-refractivity contribution in [3.05, 3.63) is 0 Å². The number of phosphoric acid groups is 1. The Morgan fingerprint density at radius 3 is 0.844 bits per heavy atom. The Kier molecular flexibility index (Phi) is 64.2. The first-order valence-corrected chi connectivity index (χ1v) is 36.0. The first-order valence-electron chi connectivity index (χ1n) is 34.5. The van der Waals surface area contributed by atoms with Gasteiger partial charge in [-0.15, -0.1) is 0 Å². The van der Waals surface area contributed by atoms with Crippen LogP contribution in [0.2, 0.25) is 0 Å². The van der Waals surface area contributed by atoms with Crippen molar-refractivity contribution in [1.82, 2.24) is 0 Å². The van der Waals surface area contributed by atoms with Crippen LogP contribution in [0.4, 0.5) is 0 Å². The Hall–Kier alpha value is -0.540. The molecule has 0 spiro atoms. The average Bonchev–Trinajstić information content (AvgIpc) is 3.42. The predicted octanol–water partition coefficient (Wildman–Crippen LogP) is 21.7. The van der Waals surface area contributed by atoms with Gasteiger partial charge in [0.15, 0.2) is 0 Å². The fourth-order valence-corrected chi connectivity index (χ4v) is 11.6. The third kappa shape index (κ3) is 64.5. The Balaban J connectivity index is 3.78. The summed E-state index contributed by atoms with van der Waals surface area (Å²) in [7, 11) is -4.52. The summed E-state index contributed by atoms with van der Waals surface area (Å²) in [6, 6.07) is 0. The molecule has 0 aromatic rings. The minimum atomic E-state index is -4.52. The van der Waals surface area contributed by atoms with Gasteiger partial charge in [0.05, 0.1) is 26.4 Å².